The fraction of sp³-hybridized carbons (Fsp3) is 0.500. The number of hydrogen-bond acceptors (Lipinski definition) is 3. The monoisotopic (exact) mass is 258 g/mol. The Labute approximate surface area is 103 Å². The van der Waals surface area contributed by atoms with Crippen molar-refractivity contribution in [2.75, 3.05) is 0 Å². The maximum atomic E-state index is 12.5. The molecule has 6 heteroatoms. The predicted octanol–water partition coefficient (Wildman–Crippen LogP) is 3.54. The summed E-state index contributed by atoms with van der Waals surface area (Å²) in [5.41, 5.74) is -1.05. The van der Waals surface area contributed by atoms with Crippen LogP contribution in [0.25, 0.3) is 0 Å². The second kappa shape index (κ2) is 5.71. The standard InChI is InChI=1S/C12H13F3N2O/c1-3-4-8(2)18-11-9(7-16)5-6-10(17-11)12(13,14)15/h5-6,8H,3-4H2,1-2H3. The lowest BCUT2D eigenvalue weighted by Crippen LogP contribution is -2.15. The average Bonchev–Trinajstić information content (AvgIpc) is 2.28. The molecule has 0 saturated carbocycles. The fourth-order valence-electron chi connectivity index (χ4n) is 1.43. The van der Waals surface area contributed by atoms with Crippen molar-refractivity contribution in [1.29, 1.82) is 5.26 Å². The van der Waals surface area contributed by atoms with Gasteiger partial charge < -0.3 is 4.74 Å². The number of aromatic nitrogens is 1. The Balaban J connectivity index is 3.04. The largest absolute Gasteiger partial charge is 0.474 e. The summed E-state index contributed by atoms with van der Waals surface area (Å²) in [6.45, 7) is 3.66. The van der Waals surface area contributed by atoms with Gasteiger partial charge in [0, 0.05) is 0 Å². The van der Waals surface area contributed by atoms with Gasteiger partial charge in [-0.05, 0) is 25.5 Å². The van der Waals surface area contributed by atoms with Gasteiger partial charge in [-0.15, -0.1) is 0 Å². The number of rotatable bonds is 4. The van der Waals surface area contributed by atoms with Crippen molar-refractivity contribution in [2.45, 2.75) is 39.0 Å². The van der Waals surface area contributed by atoms with Gasteiger partial charge in [0.1, 0.15) is 17.3 Å². The number of nitrogens with zero attached hydrogens (tertiary/aromatic N) is 2. The topological polar surface area (TPSA) is 45.9 Å². The van der Waals surface area contributed by atoms with Crippen LogP contribution in [0.3, 0.4) is 0 Å². The molecular weight excluding hydrogens is 245 g/mol. The molecule has 98 valence electrons. The Morgan fingerprint density at radius 3 is 2.61 bits per heavy atom. The normalized spacial score (nSPS) is 12.9. The van der Waals surface area contributed by atoms with Gasteiger partial charge in [-0.2, -0.15) is 18.4 Å². The summed E-state index contributed by atoms with van der Waals surface area (Å²) in [4.78, 5) is 3.37. The molecule has 0 saturated heterocycles. The highest BCUT2D eigenvalue weighted by atomic mass is 19.4. The minimum atomic E-state index is -4.54. The number of pyridine rings is 1. The first-order valence-electron chi connectivity index (χ1n) is 5.53. The van der Waals surface area contributed by atoms with Crippen LogP contribution in [0.1, 0.15) is 37.9 Å². The maximum absolute atomic E-state index is 12.5. The molecule has 1 unspecified atom stereocenters. The van der Waals surface area contributed by atoms with E-state index in [1.54, 1.807) is 13.0 Å². The minimum Gasteiger partial charge on any atom is -0.474 e. The molecule has 0 spiro atoms. The van der Waals surface area contributed by atoms with Crippen LogP contribution < -0.4 is 4.74 Å². The number of alkyl halides is 3. The SMILES string of the molecule is CCCC(C)Oc1nc(C(F)(F)F)ccc1C#N. The zero-order chi connectivity index (χ0) is 13.8. The van der Waals surface area contributed by atoms with Gasteiger partial charge in [0.2, 0.25) is 5.88 Å². The van der Waals surface area contributed by atoms with Crippen molar-refractivity contribution in [3.05, 3.63) is 23.4 Å². The molecule has 1 rings (SSSR count). The molecule has 0 aliphatic rings. The first-order chi connectivity index (χ1) is 8.38. The molecule has 0 aliphatic heterocycles. The predicted molar refractivity (Wildman–Crippen MR) is 59.0 cm³/mol. The van der Waals surface area contributed by atoms with Gasteiger partial charge in [-0.1, -0.05) is 13.3 Å². The van der Waals surface area contributed by atoms with Gasteiger partial charge in [0.05, 0.1) is 6.10 Å². The second-order valence-electron chi connectivity index (χ2n) is 3.88. The molecule has 1 heterocycles. The van der Waals surface area contributed by atoms with Crippen molar-refractivity contribution in [3.63, 3.8) is 0 Å². The zero-order valence-corrected chi connectivity index (χ0v) is 10.1. The third kappa shape index (κ3) is 3.62. The van der Waals surface area contributed by atoms with Crippen LogP contribution in [0, 0.1) is 11.3 Å². The molecule has 1 atom stereocenters. The maximum Gasteiger partial charge on any atom is 0.433 e. The average molecular weight is 258 g/mol. The van der Waals surface area contributed by atoms with E-state index in [0.29, 0.717) is 6.42 Å². The van der Waals surface area contributed by atoms with Crippen LogP contribution in [0.5, 0.6) is 5.88 Å². The minimum absolute atomic E-state index is 0.00551. The first kappa shape index (κ1) is 14.3. The number of hydrogen-bond donors (Lipinski definition) is 0. The molecule has 0 fully saturated rings. The van der Waals surface area contributed by atoms with Crippen LogP contribution in [-0.2, 0) is 6.18 Å². The molecule has 18 heavy (non-hydrogen) atoms. The summed E-state index contributed by atoms with van der Waals surface area (Å²) in [6, 6.07) is 3.61. The summed E-state index contributed by atoms with van der Waals surface area (Å²) in [7, 11) is 0. The summed E-state index contributed by atoms with van der Waals surface area (Å²) in [5.74, 6) is -0.256. The molecular formula is C12H13F3N2O. The Morgan fingerprint density at radius 2 is 2.11 bits per heavy atom. The van der Waals surface area contributed by atoms with E-state index in [-0.39, 0.29) is 17.5 Å². The van der Waals surface area contributed by atoms with Crippen LogP contribution in [0.15, 0.2) is 12.1 Å². The van der Waals surface area contributed by atoms with Crippen molar-refractivity contribution in [3.8, 4) is 11.9 Å². The highest BCUT2D eigenvalue weighted by molar-refractivity contribution is 5.39. The summed E-state index contributed by atoms with van der Waals surface area (Å²) < 4.78 is 42.7. The highest BCUT2D eigenvalue weighted by Crippen LogP contribution is 2.30. The van der Waals surface area contributed by atoms with Gasteiger partial charge in [-0.3, -0.25) is 0 Å². The quantitative estimate of drug-likeness (QED) is 0.829. The number of ether oxygens (including phenoxy) is 1. The van der Waals surface area contributed by atoms with Crippen LogP contribution >= 0.6 is 0 Å². The molecule has 0 radical (unpaired) electrons. The third-order valence-electron chi connectivity index (χ3n) is 2.28. The molecule has 0 amide bonds. The summed E-state index contributed by atoms with van der Waals surface area (Å²) >= 11 is 0. The van der Waals surface area contributed by atoms with Gasteiger partial charge in [0.15, 0.2) is 0 Å². The van der Waals surface area contributed by atoms with E-state index in [9.17, 15) is 13.2 Å². The Bertz CT molecular complexity index is 452. The highest BCUT2D eigenvalue weighted by Gasteiger charge is 2.33. The molecule has 0 N–H and O–H groups in total. The molecule has 0 bridgehead atoms. The fourth-order valence-corrected chi connectivity index (χ4v) is 1.43. The van der Waals surface area contributed by atoms with Crippen LogP contribution in [0.2, 0.25) is 0 Å². The lowest BCUT2D eigenvalue weighted by molar-refractivity contribution is -0.141. The van der Waals surface area contributed by atoms with E-state index in [0.717, 1.165) is 18.6 Å². The number of halogens is 3. The summed E-state index contributed by atoms with van der Waals surface area (Å²) in [5, 5.41) is 8.80. The van der Waals surface area contributed by atoms with Gasteiger partial charge >= 0.3 is 6.18 Å². The molecule has 0 aliphatic carbocycles. The first-order valence-corrected chi connectivity index (χ1v) is 5.53. The van der Waals surface area contributed by atoms with Crippen molar-refractivity contribution < 1.29 is 17.9 Å². The number of nitriles is 1. The van der Waals surface area contributed by atoms with Crippen LogP contribution in [0.4, 0.5) is 13.2 Å². The second-order valence-corrected chi connectivity index (χ2v) is 3.88. The van der Waals surface area contributed by atoms with Crippen LogP contribution in [-0.4, -0.2) is 11.1 Å². The van der Waals surface area contributed by atoms with Crippen molar-refractivity contribution >= 4 is 0 Å². The third-order valence-corrected chi connectivity index (χ3v) is 2.28. The van der Waals surface area contributed by atoms with E-state index < -0.39 is 11.9 Å². The van der Waals surface area contributed by atoms with E-state index in [2.05, 4.69) is 4.98 Å². The van der Waals surface area contributed by atoms with E-state index in [1.165, 1.54) is 0 Å². The smallest absolute Gasteiger partial charge is 0.433 e. The van der Waals surface area contributed by atoms with Gasteiger partial charge in [0.25, 0.3) is 0 Å². The lowest BCUT2D eigenvalue weighted by Gasteiger charge is -2.15. The van der Waals surface area contributed by atoms with E-state index in [4.69, 9.17) is 10.00 Å². The molecule has 1 aromatic heterocycles. The molecule has 3 nitrogen and oxygen atoms in total. The van der Waals surface area contributed by atoms with Crippen molar-refractivity contribution in [2.24, 2.45) is 0 Å². The Morgan fingerprint density at radius 1 is 1.44 bits per heavy atom. The Hall–Kier alpha value is -1.77. The van der Waals surface area contributed by atoms with Gasteiger partial charge in [-0.25, -0.2) is 4.98 Å². The van der Waals surface area contributed by atoms with E-state index in [1.807, 2.05) is 6.92 Å². The molecule has 1 aromatic rings. The lowest BCUT2D eigenvalue weighted by atomic mass is 10.2. The molecule has 0 aromatic carbocycles. The summed E-state index contributed by atoms with van der Waals surface area (Å²) in [6.07, 6.45) is -3.30. The van der Waals surface area contributed by atoms with E-state index >= 15 is 0 Å². The Kier molecular flexibility index (Phi) is 4.54. The zero-order valence-electron chi connectivity index (χ0n) is 10.1. The van der Waals surface area contributed by atoms with Crippen molar-refractivity contribution in [1.82, 2.24) is 4.98 Å².